The van der Waals surface area contributed by atoms with Crippen LogP contribution >= 0.6 is 0 Å². The van der Waals surface area contributed by atoms with Crippen LogP contribution in [-0.4, -0.2) is 31.2 Å². The van der Waals surface area contributed by atoms with Gasteiger partial charge in [0.15, 0.2) is 0 Å². The molecule has 2 N–H and O–H groups in total. The number of nitro benzene ring substituents is 1. The summed E-state index contributed by atoms with van der Waals surface area (Å²) in [4.78, 5) is 10.8. The van der Waals surface area contributed by atoms with E-state index in [2.05, 4.69) is 10.6 Å². The Bertz CT molecular complexity index is 464. The number of nitrogens with one attached hydrogen (secondary N) is 2. The number of nitrogens with zero attached hydrogens (tertiary/aromatic N) is 1. The molecule has 1 aromatic rings. The van der Waals surface area contributed by atoms with E-state index in [1.165, 1.54) is 0 Å². The lowest BCUT2D eigenvalue weighted by Gasteiger charge is -2.16. The van der Waals surface area contributed by atoms with Crippen molar-refractivity contribution in [2.24, 2.45) is 5.92 Å². The van der Waals surface area contributed by atoms with Crippen LogP contribution in [0.25, 0.3) is 0 Å². The summed E-state index contributed by atoms with van der Waals surface area (Å²) in [5.74, 6) is 0.401. The van der Waals surface area contributed by atoms with Gasteiger partial charge in [-0.15, -0.1) is 0 Å². The van der Waals surface area contributed by atoms with Crippen LogP contribution in [0.3, 0.4) is 0 Å². The second kappa shape index (κ2) is 5.88. The van der Waals surface area contributed by atoms with Gasteiger partial charge in [0.05, 0.1) is 11.0 Å². The normalized spacial score (nSPS) is 22.2. The lowest BCUT2D eigenvalue weighted by molar-refractivity contribution is -0.383. The molecule has 6 heteroatoms. The lowest BCUT2D eigenvalue weighted by atomic mass is 10.0. The van der Waals surface area contributed by atoms with Gasteiger partial charge in [-0.2, -0.15) is 0 Å². The van der Waals surface area contributed by atoms with Gasteiger partial charge in [-0.3, -0.25) is 10.1 Å². The summed E-state index contributed by atoms with van der Waals surface area (Å²) >= 11 is 0. The molecule has 19 heavy (non-hydrogen) atoms. The SMILES string of the molecule is CNc1cccc(NCC2CCOC2C)c1[N+](=O)[O-]. The van der Waals surface area contributed by atoms with E-state index in [-0.39, 0.29) is 16.7 Å². The Balaban J connectivity index is 2.13. The molecule has 1 heterocycles. The molecule has 1 aliphatic heterocycles. The Morgan fingerprint density at radius 1 is 1.47 bits per heavy atom. The van der Waals surface area contributed by atoms with Crippen molar-refractivity contribution in [3.63, 3.8) is 0 Å². The molecule has 2 rings (SSSR count). The predicted octanol–water partition coefficient (Wildman–Crippen LogP) is 2.47. The highest BCUT2D eigenvalue weighted by atomic mass is 16.6. The van der Waals surface area contributed by atoms with Crippen molar-refractivity contribution in [1.29, 1.82) is 0 Å². The summed E-state index contributed by atoms with van der Waals surface area (Å²) in [6.45, 7) is 3.50. The maximum Gasteiger partial charge on any atom is 0.315 e. The Labute approximate surface area is 112 Å². The highest BCUT2D eigenvalue weighted by Gasteiger charge is 2.25. The van der Waals surface area contributed by atoms with E-state index in [0.717, 1.165) is 13.0 Å². The minimum absolute atomic E-state index is 0.0940. The first kappa shape index (κ1) is 13.6. The minimum atomic E-state index is -0.358. The van der Waals surface area contributed by atoms with E-state index in [0.29, 0.717) is 23.8 Å². The summed E-state index contributed by atoms with van der Waals surface area (Å²) < 4.78 is 5.49. The quantitative estimate of drug-likeness (QED) is 0.631. The fourth-order valence-corrected chi connectivity index (χ4v) is 2.37. The average Bonchev–Trinajstić information content (AvgIpc) is 2.81. The van der Waals surface area contributed by atoms with Gasteiger partial charge in [0.25, 0.3) is 0 Å². The topological polar surface area (TPSA) is 76.4 Å². The van der Waals surface area contributed by atoms with Crippen molar-refractivity contribution < 1.29 is 9.66 Å². The lowest BCUT2D eigenvalue weighted by Crippen LogP contribution is -2.21. The first-order chi connectivity index (χ1) is 9.13. The van der Waals surface area contributed by atoms with Crippen molar-refractivity contribution in [3.8, 4) is 0 Å². The van der Waals surface area contributed by atoms with Crippen LogP contribution in [0.4, 0.5) is 17.1 Å². The maximum absolute atomic E-state index is 11.2. The van der Waals surface area contributed by atoms with E-state index >= 15 is 0 Å². The van der Waals surface area contributed by atoms with Crippen LogP contribution in [-0.2, 0) is 4.74 Å². The van der Waals surface area contributed by atoms with Crippen molar-refractivity contribution >= 4 is 17.1 Å². The summed E-state index contributed by atoms with van der Waals surface area (Å²) in [6, 6.07) is 5.24. The Hall–Kier alpha value is -1.82. The minimum Gasteiger partial charge on any atom is -0.382 e. The molecule has 2 unspecified atom stereocenters. The molecule has 0 amide bonds. The first-order valence-electron chi connectivity index (χ1n) is 6.44. The van der Waals surface area contributed by atoms with E-state index < -0.39 is 0 Å². The summed E-state index contributed by atoms with van der Waals surface area (Å²) in [7, 11) is 1.68. The Kier molecular flexibility index (Phi) is 4.21. The smallest absolute Gasteiger partial charge is 0.315 e. The zero-order valence-corrected chi connectivity index (χ0v) is 11.2. The number of nitro groups is 1. The van der Waals surface area contributed by atoms with Gasteiger partial charge in [-0.1, -0.05) is 6.07 Å². The number of para-hydroxylation sites is 1. The molecule has 1 fully saturated rings. The molecule has 1 saturated heterocycles. The van der Waals surface area contributed by atoms with Gasteiger partial charge in [-0.25, -0.2) is 0 Å². The Morgan fingerprint density at radius 3 is 2.79 bits per heavy atom. The van der Waals surface area contributed by atoms with Gasteiger partial charge in [-0.05, 0) is 25.5 Å². The third-order valence-corrected chi connectivity index (χ3v) is 3.58. The standard InChI is InChI=1S/C13H19N3O3/c1-9-10(6-7-19-9)8-15-12-5-3-4-11(14-2)13(12)16(17)18/h3-5,9-10,14-15H,6-8H2,1-2H3. The highest BCUT2D eigenvalue weighted by molar-refractivity contribution is 5.76. The van der Waals surface area contributed by atoms with Crippen LogP contribution < -0.4 is 10.6 Å². The molecule has 0 radical (unpaired) electrons. The predicted molar refractivity (Wildman–Crippen MR) is 74.7 cm³/mol. The van der Waals surface area contributed by atoms with Crippen LogP contribution in [0, 0.1) is 16.0 Å². The fraction of sp³-hybridized carbons (Fsp3) is 0.538. The van der Waals surface area contributed by atoms with Gasteiger partial charge >= 0.3 is 5.69 Å². The number of rotatable bonds is 5. The zero-order chi connectivity index (χ0) is 13.8. The molecule has 6 nitrogen and oxygen atoms in total. The number of hydrogen-bond donors (Lipinski definition) is 2. The molecule has 0 spiro atoms. The molecule has 0 bridgehead atoms. The van der Waals surface area contributed by atoms with Crippen LogP contribution in [0.2, 0.25) is 0 Å². The molecule has 1 aromatic carbocycles. The maximum atomic E-state index is 11.2. The van der Waals surface area contributed by atoms with Gasteiger partial charge in [0, 0.05) is 26.1 Å². The first-order valence-corrected chi connectivity index (χ1v) is 6.44. The zero-order valence-electron chi connectivity index (χ0n) is 11.2. The van der Waals surface area contributed by atoms with Gasteiger partial charge < -0.3 is 15.4 Å². The van der Waals surface area contributed by atoms with Crippen molar-refractivity contribution in [2.75, 3.05) is 30.8 Å². The number of benzene rings is 1. The molecule has 0 aromatic heterocycles. The van der Waals surface area contributed by atoms with Crippen molar-refractivity contribution in [2.45, 2.75) is 19.4 Å². The molecule has 1 aliphatic rings. The summed E-state index contributed by atoms with van der Waals surface area (Å²) in [5, 5.41) is 17.2. The molecule has 0 aliphatic carbocycles. The third kappa shape index (κ3) is 2.96. The number of ether oxygens (including phenoxy) is 1. The number of anilines is 2. The van der Waals surface area contributed by atoms with Crippen LogP contribution in [0.15, 0.2) is 18.2 Å². The van der Waals surface area contributed by atoms with E-state index in [1.54, 1.807) is 25.2 Å². The molecule has 0 saturated carbocycles. The molecule has 104 valence electrons. The molecular formula is C13H19N3O3. The van der Waals surface area contributed by atoms with E-state index in [9.17, 15) is 10.1 Å². The van der Waals surface area contributed by atoms with Crippen molar-refractivity contribution in [1.82, 2.24) is 0 Å². The monoisotopic (exact) mass is 265 g/mol. The average molecular weight is 265 g/mol. The van der Waals surface area contributed by atoms with Crippen molar-refractivity contribution in [3.05, 3.63) is 28.3 Å². The van der Waals surface area contributed by atoms with E-state index in [4.69, 9.17) is 4.74 Å². The highest BCUT2D eigenvalue weighted by Crippen LogP contribution is 2.33. The second-order valence-electron chi connectivity index (χ2n) is 4.71. The summed E-state index contributed by atoms with van der Waals surface area (Å²) in [5.41, 5.74) is 1.17. The van der Waals surface area contributed by atoms with Crippen LogP contribution in [0.5, 0.6) is 0 Å². The number of hydrogen-bond acceptors (Lipinski definition) is 5. The Morgan fingerprint density at radius 2 is 2.21 bits per heavy atom. The third-order valence-electron chi connectivity index (χ3n) is 3.58. The molecular weight excluding hydrogens is 246 g/mol. The van der Waals surface area contributed by atoms with Gasteiger partial charge in [0.1, 0.15) is 11.4 Å². The fourth-order valence-electron chi connectivity index (χ4n) is 2.37. The largest absolute Gasteiger partial charge is 0.382 e. The van der Waals surface area contributed by atoms with Crippen LogP contribution in [0.1, 0.15) is 13.3 Å². The molecule has 2 atom stereocenters. The van der Waals surface area contributed by atoms with Gasteiger partial charge in [0.2, 0.25) is 0 Å². The second-order valence-corrected chi connectivity index (χ2v) is 4.71. The van der Waals surface area contributed by atoms with E-state index in [1.807, 2.05) is 6.92 Å². The summed E-state index contributed by atoms with van der Waals surface area (Å²) in [6.07, 6.45) is 1.20.